The molecule has 0 radical (unpaired) electrons. The highest BCUT2D eigenvalue weighted by molar-refractivity contribution is 7.30. The third kappa shape index (κ3) is 5.29. The maximum Gasteiger partial charge on any atom is 0.488 e. The van der Waals surface area contributed by atoms with Crippen LogP contribution in [0.25, 0.3) is 0 Å². The van der Waals surface area contributed by atoms with Crippen LogP contribution in [0.3, 0.4) is 0 Å². The smallest absolute Gasteiger partial charge is 0.488 e. The average Bonchev–Trinajstić information content (AvgIpc) is 2.00. The molecular formula is C7H10ClO5P. The van der Waals surface area contributed by atoms with E-state index < -0.39 is 20.3 Å². The van der Waals surface area contributed by atoms with Crippen molar-refractivity contribution in [1.29, 1.82) is 0 Å². The van der Waals surface area contributed by atoms with Gasteiger partial charge in [0.05, 0.1) is 0 Å². The molecule has 0 saturated heterocycles. The summed E-state index contributed by atoms with van der Waals surface area (Å²) in [5, 5.41) is 8.63. The summed E-state index contributed by atoms with van der Waals surface area (Å²) in [5.41, 5.74) is -0.0109. The van der Waals surface area contributed by atoms with Gasteiger partial charge in [-0.3, -0.25) is 0 Å². The van der Waals surface area contributed by atoms with Crippen LogP contribution in [0.4, 0.5) is 0 Å². The maximum absolute atomic E-state index is 10.4. The Morgan fingerprint density at radius 2 is 2.21 bits per heavy atom. The van der Waals surface area contributed by atoms with Crippen LogP contribution in [0.15, 0.2) is 10.6 Å². The molecule has 0 amide bonds. The van der Waals surface area contributed by atoms with Crippen LogP contribution in [-0.2, 0) is 13.9 Å². The van der Waals surface area contributed by atoms with Gasteiger partial charge in [0, 0.05) is 17.0 Å². The molecule has 0 fully saturated rings. The van der Waals surface area contributed by atoms with Crippen molar-refractivity contribution in [2.45, 2.75) is 26.4 Å². The Morgan fingerprint density at radius 1 is 1.71 bits per heavy atom. The molecule has 0 saturated carbocycles. The van der Waals surface area contributed by atoms with Gasteiger partial charge >= 0.3 is 14.2 Å². The van der Waals surface area contributed by atoms with Crippen LogP contribution < -0.4 is 4.89 Å². The van der Waals surface area contributed by atoms with E-state index in [-0.39, 0.29) is 17.0 Å². The Kier molecular flexibility index (Phi) is 5.88. The number of rotatable bonds is 5. The lowest BCUT2D eigenvalue weighted by molar-refractivity contribution is -0.188. The molecular weight excluding hydrogens is 230 g/mol. The monoisotopic (exact) mass is 240 g/mol. The topological polar surface area (TPSA) is 86.7 Å². The highest BCUT2D eigenvalue weighted by Crippen LogP contribution is 2.22. The van der Waals surface area contributed by atoms with Crippen molar-refractivity contribution in [3.8, 4) is 0 Å². The van der Waals surface area contributed by atoms with Gasteiger partial charge in [-0.2, -0.15) is 0 Å². The maximum atomic E-state index is 10.4. The molecule has 0 rings (SSSR count). The van der Waals surface area contributed by atoms with Gasteiger partial charge in [0.1, 0.15) is 6.10 Å². The fourth-order valence-corrected chi connectivity index (χ4v) is 1.37. The molecule has 0 aromatic rings. The molecule has 0 spiro atoms. The normalized spacial score (nSPS) is 15.9. The van der Waals surface area contributed by atoms with E-state index in [2.05, 4.69) is 4.52 Å². The standard InChI is InChI=1S/C7H10ClO5P/c1-4(13-14(11)12)3-6(8)5(2)7(9)10/h4H,3H2,1-2H3,(H,9,10). The highest BCUT2D eigenvalue weighted by Gasteiger charge is 2.16. The summed E-state index contributed by atoms with van der Waals surface area (Å²) in [7, 11) is -2.93. The van der Waals surface area contributed by atoms with Gasteiger partial charge in [0.15, 0.2) is 0 Å². The van der Waals surface area contributed by atoms with Gasteiger partial charge in [-0.15, -0.1) is 4.52 Å². The zero-order chi connectivity index (χ0) is 11.3. The predicted octanol–water partition coefficient (Wildman–Crippen LogP) is 1.40. The SMILES string of the molecule is CC(C(=O)O)=C(Cl)CC(C)O[P+](=O)[O-]. The first-order chi connectivity index (χ1) is 6.34. The molecule has 0 aliphatic rings. The number of halogens is 1. The minimum Gasteiger partial charge on any atom is -0.566 e. The van der Waals surface area contributed by atoms with Crippen LogP contribution in [0.1, 0.15) is 20.3 Å². The number of carboxylic acid groups (broad SMARTS) is 1. The fraction of sp³-hybridized carbons (Fsp3) is 0.571. The molecule has 0 aromatic carbocycles. The summed E-state index contributed by atoms with van der Waals surface area (Å²) in [6.45, 7) is 2.83. The van der Waals surface area contributed by atoms with Crippen LogP contribution in [0.2, 0.25) is 0 Å². The summed E-state index contributed by atoms with van der Waals surface area (Å²) in [5.74, 6) is -1.13. The van der Waals surface area contributed by atoms with E-state index in [1.807, 2.05) is 0 Å². The summed E-state index contributed by atoms with van der Waals surface area (Å²) in [4.78, 5) is 20.6. The molecule has 0 heterocycles. The van der Waals surface area contributed by atoms with Gasteiger partial charge < -0.3 is 10.00 Å². The molecule has 7 heteroatoms. The summed E-state index contributed by atoms with van der Waals surface area (Å²) >= 11 is 5.63. The van der Waals surface area contributed by atoms with E-state index in [0.29, 0.717) is 0 Å². The van der Waals surface area contributed by atoms with Crippen molar-refractivity contribution in [3.63, 3.8) is 0 Å². The average molecular weight is 241 g/mol. The molecule has 14 heavy (non-hydrogen) atoms. The Morgan fingerprint density at radius 3 is 2.57 bits per heavy atom. The molecule has 0 bridgehead atoms. The summed E-state index contributed by atoms with van der Waals surface area (Å²) in [6.07, 6.45) is -0.596. The Balaban J connectivity index is 4.31. The second-order valence-corrected chi connectivity index (χ2v) is 3.79. The molecule has 2 unspecified atom stereocenters. The first-order valence-electron chi connectivity index (χ1n) is 3.74. The molecule has 5 nitrogen and oxygen atoms in total. The van der Waals surface area contributed by atoms with E-state index in [1.54, 1.807) is 0 Å². The van der Waals surface area contributed by atoms with Gasteiger partial charge in [-0.1, -0.05) is 11.6 Å². The van der Waals surface area contributed by atoms with Crippen molar-refractivity contribution in [2.24, 2.45) is 0 Å². The van der Waals surface area contributed by atoms with E-state index in [9.17, 15) is 14.3 Å². The molecule has 0 aliphatic carbocycles. The first kappa shape index (κ1) is 13.5. The molecule has 0 aliphatic heterocycles. The third-order valence-electron chi connectivity index (χ3n) is 1.46. The van der Waals surface area contributed by atoms with Crippen molar-refractivity contribution in [3.05, 3.63) is 10.6 Å². The zero-order valence-corrected chi connectivity index (χ0v) is 9.34. The number of carboxylic acids is 1. The number of hydrogen-bond donors (Lipinski definition) is 1. The van der Waals surface area contributed by atoms with E-state index in [1.165, 1.54) is 13.8 Å². The highest BCUT2D eigenvalue weighted by atomic mass is 35.5. The lowest BCUT2D eigenvalue weighted by Crippen LogP contribution is -2.08. The van der Waals surface area contributed by atoms with Gasteiger partial charge in [-0.25, -0.2) is 4.79 Å². The largest absolute Gasteiger partial charge is 0.566 e. The number of hydrogen-bond acceptors (Lipinski definition) is 4. The Hall–Kier alpha value is -0.480. The van der Waals surface area contributed by atoms with Gasteiger partial charge in [-0.05, 0) is 18.4 Å². The van der Waals surface area contributed by atoms with E-state index >= 15 is 0 Å². The van der Waals surface area contributed by atoms with Crippen LogP contribution in [-0.4, -0.2) is 17.2 Å². The Bertz CT molecular complexity index is 275. The molecule has 0 aromatic heterocycles. The third-order valence-corrected chi connectivity index (χ3v) is 2.43. The number of carbonyl (C=O) groups is 1. The zero-order valence-electron chi connectivity index (χ0n) is 7.69. The van der Waals surface area contributed by atoms with E-state index in [4.69, 9.17) is 16.7 Å². The molecule has 2 atom stereocenters. The second kappa shape index (κ2) is 6.09. The lowest BCUT2D eigenvalue weighted by Gasteiger charge is -2.05. The van der Waals surface area contributed by atoms with Crippen LogP contribution >= 0.6 is 19.9 Å². The van der Waals surface area contributed by atoms with Crippen LogP contribution in [0.5, 0.6) is 0 Å². The minimum atomic E-state index is -2.93. The summed E-state index contributed by atoms with van der Waals surface area (Å²) < 4.78 is 14.5. The van der Waals surface area contributed by atoms with Gasteiger partial charge in [0.2, 0.25) is 0 Å². The fourth-order valence-electron chi connectivity index (χ4n) is 0.706. The first-order valence-corrected chi connectivity index (χ1v) is 5.21. The summed E-state index contributed by atoms with van der Waals surface area (Å²) in [6, 6.07) is 0. The Labute approximate surface area is 87.3 Å². The quantitative estimate of drug-likeness (QED) is 0.580. The van der Waals surface area contributed by atoms with E-state index in [0.717, 1.165) is 0 Å². The second-order valence-electron chi connectivity index (χ2n) is 2.68. The molecule has 80 valence electrons. The van der Waals surface area contributed by atoms with Crippen molar-refractivity contribution >= 4 is 25.8 Å². The lowest BCUT2D eigenvalue weighted by atomic mass is 10.2. The van der Waals surface area contributed by atoms with Crippen LogP contribution in [0, 0.1) is 0 Å². The molecule has 1 N–H and O–H groups in total. The predicted molar refractivity (Wildman–Crippen MR) is 49.0 cm³/mol. The van der Waals surface area contributed by atoms with Crippen molar-refractivity contribution < 1.29 is 23.9 Å². The van der Waals surface area contributed by atoms with Crippen molar-refractivity contribution in [2.75, 3.05) is 0 Å². The van der Waals surface area contributed by atoms with Crippen molar-refractivity contribution in [1.82, 2.24) is 0 Å². The van der Waals surface area contributed by atoms with Gasteiger partial charge in [0.25, 0.3) is 0 Å². The minimum absolute atomic E-state index is 0.0109. The number of aliphatic carboxylic acids is 1.